The molecule has 1 heterocycles. The molecule has 1 aromatic carbocycles. The van der Waals surface area contributed by atoms with E-state index in [0.29, 0.717) is 13.1 Å². The SMILES string of the molecule is O=C(NCCc1c[nH]c2ccccc12)N(CCO)CCC1CCCCC1. The highest BCUT2D eigenvalue weighted by Gasteiger charge is 2.17. The topological polar surface area (TPSA) is 68.4 Å². The fourth-order valence-electron chi connectivity index (χ4n) is 4.00. The Labute approximate surface area is 155 Å². The van der Waals surface area contributed by atoms with Gasteiger partial charge in [0.25, 0.3) is 0 Å². The molecule has 0 unspecified atom stereocenters. The number of aliphatic hydroxyl groups is 1. The minimum atomic E-state index is -0.0605. The third-order valence-electron chi connectivity index (χ3n) is 5.53. The van der Waals surface area contributed by atoms with Crippen LogP contribution in [0.15, 0.2) is 30.5 Å². The van der Waals surface area contributed by atoms with Gasteiger partial charge in [-0.25, -0.2) is 4.79 Å². The van der Waals surface area contributed by atoms with Crippen molar-refractivity contribution in [2.45, 2.75) is 44.9 Å². The van der Waals surface area contributed by atoms with Gasteiger partial charge in [-0.15, -0.1) is 0 Å². The minimum absolute atomic E-state index is 0.0144. The van der Waals surface area contributed by atoms with Crippen molar-refractivity contribution < 1.29 is 9.90 Å². The molecule has 0 atom stereocenters. The number of hydrogen-bond acceptors (Lipinski definition) is 2. The number of hydrogen-bond donors (Lipinski definition) is 3. The molecular weight excluding hydrogens is 326 g/mol. The van der Waals surface area contributed by atoms with Gasteiger partial charge in [-0.1, -0.05) is 50.3 Å². The summed E-state index contributed by atoms with van der Waals surface area (Å²) in [6, 6.07) is 8.15. The number of nitrogens with zero attached hydrogens (tertiary/aromatic N) is 1. The summed E-state index contributed by atoms with van der Waals surface area (Å²) >= 11 is 0. The van der Waals surface area contributed by atoms with Gasteiger partial charge < -0.3 is 20.3 Å². The first-order chi connectivity index (χ1) is 12.8. The summed E-state index contributed by atoms with van der Waals surface area (Å²) in [4.78, 5) is 17.5. The smallest absolute Gasteiger partial charge is 0.317 e. The highest BCUT2D eigenvalue weighted by molar-refractivity contribution is 5.83. The summed E-state index contributed by atoms with van der Waals surface area (Å²) in [5.74, 6) is 0.740. The van der Waals surface area contributed by atoms with Crippen LogP contribution in [0.2, 0.25) is 0 Å². The molecule has 5 heteroatoms. The first-order valence-corrected chi connectivity index (χ1v) is 9.96. The Morgan fingerprint density at radius 1 is 1.19 bits per heavy atom. The molecule has 2 aromatic rings. The molecule has 0 bridgehead atoms. The van der Waals surface area contributed by atoms with Crippen molar-refractivity contribution in [3.8, 4) is 0 Å². The number of urea groups is 1. The number of aliphatic hydroxyl groups excluding tert-OH is 1. The lowest BCUT2D eigenvalue weighted by molar-refractivity contribution is 0.169. The van der Waals surface area contributed by atoms with E-state index in [4.69, 9.17) is 0 Å². The van der Waals surface area contributed by atoms with Crippen molar-refractivity contribution in [3.05, 3.63) is 36.0 Å². The van der Waals surface area contributed by atoms with Gasteiger partial charge in [-0.05, 0) is 30.4 Å². The zero-order chi connectivity index (χ0) is 18.2. The average molecular weight is 357 g/mol. The molecule has 1 aliphatic carbocycles. The number of fused-ring (bicyclic) bond motifs is 1. The van der Waals surface area contributed by atoms with Crippen LogP contribution in [0.5, 0.6) is 0 Å². The van der Waals surface area contributed by atoms with Crippen molar-refractivity contribution in [1.29, 1.82) is 0 Å². The molecule has 1 aliphatic rings. The van der Waals surface area contributed by atoms with Gasteiger partial charge in [0.1, 0.15) is 0 Å². The molecule has 0 spiro atoms. The van der Waals surface area contributed by atoms with E-state index in [0.717, 1.165) is 30.8 Å². The highest BCUT2D eigenvalue weighted by Crippen LogP contribution is 2.26. The first-order valence-electron chi connectivity index (χ1n) is 9.96. The van der Waals surface area contributed by atoms with Crippen molar-refractivity contribution >= 4 is 16.9 Å². The number of amides is 2. The maximum absolute atomic E-state index is 12.5. The summed E-state index contributed by atoms with van der Waals surface area (Å²) < 4.78 is 0. The van der Waals surface area contributed by atoms with Gasteiger partial charge >= 0.3 is 6.03 Å². The summed E-state index contributed by atoms with van der Waals surface area (Å²) in [6.45, 7) is 1.77. The molecular formula is C21H31N3O2. The molecule has 1 saturated carbocycles. The minimum Gasteiger partial charge on any atom is -0.395 e. The van der Waals surface area contributed by atoms with E-state index in [1.807, 2.05) is 18.3 Å². The number of aromatic amines is 1. The number of rotatable bonds is 8. The fourth-order valence-corrected chi connectivity index (χ4v) is 4.00. The standard InChI is InChI=1S/C21H31N3O2/c25-15-14-24(13-11-17-6-2-1-3-7-17)21(26)22-12-10-18-16-23-20-9-5-4-8-19(18)20/h4-5,8-9,16-17,23,25H,1-3,6-7,10-15H2,(H,22,26). The molecule has 3 N–H and O–H groups in total. The summed E-state index contributed by atoms with van der Waals surface area (Å²) in [5, 5.41) is 13.5. The van der Waals surface area contributed by atoms with Crippen LogP contribution in [0.4, 0.5) is 4.79 Å². The van der Waals surface area contributed by atoms with Crippen molar-refractivity contribution in [1.82, 2.24) is 15.2 Å². The van der Waals surface area contributed by atoms with E-state index < -0.39 is 0 Å². The monoisotopic (exact) mass is 357 g/mol. The van der Waals surface area contributed by atoms with Crippen LogP contribution in [0.25, 0.3) is 10.9 Å². The number of H-pyrrole nitrogens is 1. The van der Waals surface area contributed by atoms with Crippen LogP contribution in [0, 0.1) is 5.92 Å². The van der Waals surface area contributed by atoms with E-state index in [9.17, 15) is 9.90 Å². The molecule has 26 heavy (non-hydrogen) atoms. The van der Waals surface area contributed by atoms with Gasteiger partial charge in [-0.3, -0.25) is 0 Å². The zero-order valence-electron chi connectivity index (χ0n) is 15.5. The molecule has 0 radical (unpaired) electrons. The molecule has 1 fully saturated rings. The van der Waals surface area contributed by atoms with Crippen LogP contribution in [0.1, 0.15) is 44.1 Å². The third-order valence-corrected chi connectivity index (χ3v) is 5.53. The molecule has 5 nitrogen and oxygen atoms in total. The first kappa shape index (κ1) is 18.8. The Hall–Kier alpha value is -2.01. The van der Waals surface area contributed by atoms with Gasteiger partial charge in [0.05, 0.1) is 6.61 Å². The normalized spacial score (nSPS) is 15.3. The molecule has 142 valence electrons. The maximum atomic E-state index is 12.5. The molecule has 0 aliphatic heterocycles. The Morgan fingerprint density at radius 2 is 2.00 bits per heavy atom. The van der Waals surface area contributed by atoms with E-state index >= 15 is 0 Å². The van der Waals surface area contributed by atoms with Crippen LogP contribution in [-0.4, -0.2) is 47.3 Å². The van der Waals surface area contributed by atoms with E-state index in [1.54, 1.807) is 4.90 Å². The number of carbonyl (C=O) groups excluding carboxylic acids is 1. The number of benzene rings is 1. The second kappa shape index (κ2) is 9.62. The van der Waals surface area contributed by atoms with Crippen LogP contribution >= 0.6 is 0 Å². The number of para-hydroxylation sites is 1. The predicted molar refractivity (Wildman–Crippen MR) is 105 cm³/mol. The second-order valence-electron chi connectivity index (χ2n) is 7.34. The average Bonchev–Trinajstić information content (AvgIpc) is 3.09. The van der Waals surface area contributed by atoms with Gasteiger partial charge in [0, 0.05) is 36.7 Å². The molecule has 2 amide bonds. The summed E-state index contributed by atoms with van der Waals surface area (Å²) in [5.41, 5.74) is 2.35. The Morgan fingerprint density at radius 3 is 2.81 bits per heavy atom. The molecule has 1 aromatic heterocycles. The van der Waals surface area contributed by atoms with Crippen LogP contribution in [0.3, 0.4) is 0 Å². The Bertz CT molecular complexity index is 691. The second-order valence-corrected chi connectivity index (χ2v) is 7.34. The largest absolute Gasteiger partial charge is 0.395 e. The van der Waals surface area contributed by atoms with Gasteiger partial charge in [-0.2, -0.15) is 0 Å². The van der Waals surface area contributed by atoms with Gasteiger partial charge in [0.2, 0.25) is 0 Å². The number of nitrogens with one attached hydrogen (secondary N) is 2. The van der Waals surface area contributed by atoms with Crippen molar-refractivity contribution in [2.24, 2.45) is 5.92 Å². The quantitative estimate of drug-likeness (QED) is 0.674. The van der Waals surface area contributed by atoms with Crippen molar-refractivity contribution in [3.63, 3.8) is 0 Å². The Balaban J connectivity index is 1.46. The van der Waals surface area contributed by atoms with Crippen molar-refractivity contribution in [2.75, 3.05) is 26.2 Å². The van der Waals surface area contributed by atoms with Crippen LogP contribution < -0.4 is 5.32 Å². The maximum Gasteiger partial charge on any atom is 0.317 e. The number of carbonyl (C=O) groups is 1. The highest BCUT2D eigenvalue weighted by atomic mass is 16.3. The molecule has 0 saturated heterocycles. The Kier molecular flexibility index (Phi) is 6.95. The van der Waals surface area contributed by atoms with E-state index in [2.05, 4.69) is 22.4 Å². The predicted octanol–water partition coefficient (Wildman–Crippen LogP) is 3.68. The lowest BCUT2D eigenvalue weighted by Gasteiger charge is -2.27. The van der Waals surface area contributed by atoms with E-state index in [-0.39, 0.29) is 12.6 Å². The van der Waals surface area contributed by atoms with Gasteiger partial charge in [0.15, 0.2) is 0 Å². The number of aromatic nitrogens is 1. The summed E-state index contributed by atoms with van der Waals surface area (Å²) in [7, 11) is 0. The lowest BCUT2D eigenvalue weighted by atomic mass is 9.87. The molecule has 3 rings (SSSR count). The third kappa shape index (κ3) is 5.01. The van der Waals surface area contributed by atoms with Crippen LogP contribution in [-0.2, 0) is 6.42 Å². The van der Waals surface area contributed by atoms with E-state index in [1.165, 1.54) is 43.1 Å². The summed E-state index contributed by atoms with van der Waals surface area (Å²) in [6.07, 6.45) is 10.4. The lowest BCUT2D eigenvalue weighted by Crippen LogP contribution is -2.43. The fraction of sp³-hybridized carbons (Fsp3) is 0.571. The zero-order valence-corrected chi connectivity index (χ0v) is 15.5.